The molecule has 1 aromatic rings. The number of aromatic amines is 1. The Morgan fingerprint density at radius 1 is 1.57 bits per heavy atom. The fourth-order valence-electron chi connectivity index (χ4n) is 1.54. The molecule has 5 heteroatoms. The summed E-state index contributed by atoms with van der Waals surface area (Å²) in [5.74, 6) is -0.940. The van der Waals surface area contributed by atoms with Crippen LogP contribution in [-0.2, 0) is 10.2 Å². The Morgan fingerprint density at radius 3 is 2.64 bits per heavy atom. The Kier molecular flexibility index (Phi) is 1.89. The molecule has 0 bridgehead atoms. The van der Waals surface area contributed by atoms with Gasteiger partial charge in [-0.25, -0.2) is 0 Å². The van der Waals surface area contributed by atoms with Gasteiger partial charge in [0.1, 0.15) is 5.15 Å². The zero-order valence-electron chi connectivity index (χ0n) is 7.21. The van der Waals surface area contributed by atoms with Gasteiger partial charge in [-0.1, -0.05) is 11.6 Å². The molecular weight excluding hydrogens is 206 g/mol. The van der Waals surface area contributed by atoms with Gasteiger partial charge in [0.25, 0.3) is 0 Å². The molecule has 74 valence electrons. The molecule has 0 radical (unpaired) electrons. The highest BCUT2D eigenvalue weighted by Crippen LogP contribution is 2.46. The van der Waals surface area contributed by atoms with Crippen LogP contribution >= 0.6 is 11.6 Å². The summed E-state index contributed by atoms with van der Waals surface area (Å²) in [6.45, 7) is 0. The number of carboxylic acid groups (broad SMARTS) is 1. The molecule has 1 fully saturated rings. The van der Waals surface area contributed by atoms with E-state index in [0.717, 1.165) is 0 Å². The maximum absolute atomic E-state index is 11.5. The van der Waals surface area contributed by atoms with E-state index in [2.05, 4.69) is 4.98 Å². The van der Waals surface area contributed by atoms with Crippen molar-refractivity contribution >= 4 is 17.6 Å². The van der Waals surface area contributed by atoms with Crippen molar-refractivity contribution in [2.45, 2.75) is 18.3 Å². The molecule has 1 aliphatic rings. The van der Waals surface area contributed by atoms with Gasteiger partial charge in [-0.3, -0.25) is 9.59 Å². The van der Waals surface area contributed by atoms with Crippen molar-refractivity contribution < 1.29 is 9.90 Å². The fourth-order valence-corrected chi connectivity index (χ4v) is 1.70. The minimum atomic E-state index is -0.960. The number of hydrogen-bond acceptors (Lipinski definition) is 2. The first-order valence-electron chi connectivity index (χ1n) is 4.18. The normalized spacial score (nSPS) is 17.8. The summed E-state index contributed by atoms with van der Waals surface area (Å²) in [6.07, 6.45) is 2.44. The second-order valence-electron chi connectivity index (χ2n) is 3.45. The smallest absolute Gasteiger partial charge is 0.314 e. The van der Waals surface area contributed by atoms with Crippen LogP contribution in [0.3, 0.4) is 0 Å². The lowest BCUT2D eigenvalue weighted by atomic mass is 9.98. The number of aromatic nitrogens is 1. The molecule has 2 rings (SSSR count). The van der Waals surface area contributed by atoms with Crippen molar-refractivity contribution in [2.75, 3.05) is 0 Å². The lowest BCUT2D eigenvalue weighted by Gasteiger charge is -2.08. The first-order valence-corrected chi connectivity index (χ1v) is 4.56. The van der Waals surface area contributed by atoms with E-state index in [-0.39, 0.29) is 10.6 Å². The minimum absolute atomic E-state index is 0.222. The summed E-state index contributed by atoms with van der Waals surface area (Å²) in [4.78, 5) is 25.0. The van der Waals surface area contributed by atoms with Crippen LogP contribution in [0.5, 0.6) is 0 Å². The molecular formula is C9H8ClNO3. The molecule has 1 aliphatic carbocycles. The van der Waals surface area contributed by atoms with Gasteiger partial charge in [0.15, 0.2) is 5.43 Å². The van der Waals surface area contributed by atoms with E-state index in [0.29, 0.717) is 18.4 Å². The fraction of sp³-hybridized carbons (Fsp3) is 0.333. The third-order valence-electron chi connectivity index (χ3n) is 2.55. The van der Waals surface area contributed by atoms with Crippen molar-refractivity contribution in [3.8, 4) is 0 Å². The molecule has 4 nitrogen and oxygen atoms in total. The van der Waals surface area contributed by atoms with E-state index in [1.54, 1.807) is 0 Å². The van der Waals surface area contributed by atoms with Crippen molar-refractivity contribution in [2.24, 2.45) is 0 Å². The van der Waals surface area contributed by atoms with Gasteiger partial charge < -0.3 is 10.1 Å². The number of carboxylic acids is 1. The third-order valence-corrected chi connectivity index (χ3v) is 2.77. The summed E-state index contributed by atoms with van der Waals surface area (Å²) >= 11 is 5.56. The summed E-state index contributed by atoms with van der Waals surface area (Å²) in [5.41, 5.74) is -0.971. The Labute approximate surface area is 84.5 Å². The maximum Gasteiger partial charge on any atom is 0.314 e. The van der Waals surface area contributed by atoms with E-state index in [9.17, 15) is 9.59 Å². The number of H-pyrrole nitrogens is 1. The number of aliphatic carboxylic acids is 1. The zero-order chi connectivity index (χ0) is 10.3. The van der Waals surface area contributed by atoms with Gasteiger partial charge in [0.05, 0.1) is 5.41 Å². The van der Waals surface area contributed by atoms with Gasteiger partial charge in [-0.05, 0) is 12.8 Å². The van der Waals surface area contributed by atoms with Crippen LogP contribution in [0, 0.1) is 0 Å². The highest BCUT2D eigenvalue weighted by molar-refractivity contribution is 6.29. The molecule has 0 atom stereocenters. The van der Waals surface area contributed by atoms with Crippen molar-refractivity contribution in [1.29, 1.82) is 0 Å². The number of hydrogen-bond donors (Lipinski definition) is 2. The van der Waals surface area contributed by atoms with E-state index in [4.69, 9.17) is 16.7 Å². The average molecular weight is 214 g/mol. The van der Waals surface area contributed by atoms with Gasteiger partial charge >= 0.3 is 5.97 Å². The molecule has 0 amide bonds. The van der Waals surface area contributed by atoms with Crippen molar-refractivity contribution in [3.05, 3.63) is 33.2 Å². The number of nitrogens with one attached hydrogen (secondary N) is 1. The van der Waals surface area contributed by atoms with Gasteiger partial charge in [0, 0.05) is 17.8 Å². The largest absolute Gasteiger partial charge is 0.481 e. The van der Waals surface area contributed by atoms with Crippen LogP contribution < -0.4 is 5.43 Å². The van der Waals surface area contributed by atoms with Gasteiger partial charge in [-0.15, -0.1) is 0 Å². The predicted octanol–water partition coefficient (Wildman–Crippen LogP) is 1.14. The maximum atomic E-state index is 11.5. The van der Waals surface area contributed by atoms with Crippen LogP contribution in [0.1, 0.15) is 18.4 Å². The molecule has 0 unspecified atom stereocenters. The Hall–Kier alpha value is -1.29. The lowest BCUT2D eigenvalue weighted by Crippen LogP contribution is -2.26. The summed E-state index contributed by atoms with van der Waals surface area (Å²) in [6, 6.07) is 1.21. The van der Waals surface area contributed by atoms with Gasteiger partial charge in [0.2, 0.25) is 0 Å². The molecule has 0 aromatic carbocycles. The van der Waals surface area contributed by atoms with Crippen LogP contribution in [0.2, 0.25) is 5.15 Å². The molecule has 2 N–H and O–H groups in total. The first kappa shape index (κ1) is 9.27. The highest BCUT2D eigenvalue weighted by atomic mass is 35.5. The van der Waals surface area contributed by atoms with E-state index in [1.807, 2.05) is 0 Å². The average Bonchev–Trinajstić information content (AvgIpc) is 2.84. The van der Waals surface area contributed by atoms with E-state index >= 15 is 0 Å². The van der Waals surface area contributed by atoms with Crippen LogP contribution in [0.25, 0.3) is 0 Å². The third kappa shape index (κ3) is 1.23. The SMILES string of the molecule is O=C(O)C1(c2c[nH]c(Cl)cc2=O)CC1. The standard InChI is InChI=1S/C9H8ClNO3/c10-7-3-6(12)5(4-11-7)9(1-2-9)8(13)14/h3-4H,1-2H2,(H,11,12)(H,13,14). The Bertz CT molecular complexity index is 448. The molecule has 0 saturated heterocycles. The molecule has 1 aromatic heterocycles. The molecule has 1 saturated carbocycles. The number of rotatable bonds is 2. The summed E-state index contributed by atoms with van der Waals surface area (Å²) in [7, 11) is 0. The quantitative estimate of drug-likeness (QED) is 0.724. The first-order chi connectivity index (χ1) is 6.56. The van der Waals surface area contributed by atoms with Crippen molar-refractivity contribution in [3.63, 3.8) is 0 Å². The van der Waals surface area contributed by atoms with E-state index < -0.39 is 11.4 Å². The second-order valence-corrected chi connectivity index (χ2v) is 3.85. The lowest BCUT2D eigenvalue weighted by molar-refractivity contribution is -0.140. The van der Waals surface area contributed by atoms with Gasteiger partial charge in [-0.2, -0.15) is 0 Å². The number of pyridine rings is 1. The molecule has 0 spiro atoms. The van der Waals surface area contributed by atoms with E-state index in [1.165, 1.54) is 12.3 Å². The van der Waals surface area contributed by atoms with Crippen molar-refractivity contribution in [1.82, 2.24) is 4.98 Å². The summed E-state index contributed by atoms with van der Waals surface area (Å²) in [5, 5.41) is 9.19. The Balaban J connectivity index is 2.53. The number of halogens is 1. The Morgan fingerprint density at radius 2 is 2.21 bits per heavy atom. The second kappa shape index (κ2) is 2.85. The molecule has 0 aliphatic heterocycles. The highest BCUT2D eigenvalue weighted by Gasteiger charge is 2.53. The monoisotopic (exact) mass is 213 g/mol. The van der Waals surface area contributed by atoms with Crippen LogP contribution in [0.15, 0.2) is 17.1 Å². The minimum Gasteiger partial charge on any atom is -0.481 e. The molecule has 1 heterocycles. The summed E-state index contributed by atoms with van der Waals surface area (Å²) < 4.78 is 0. The zero-order valence-corrected chi connectivity index (χ0v) is 7.97. The topological polar surface area (TPSA) is 70.2 Å². The number of carbonyl (C=O) groups is 1. The van der Waals surface area contributed by atoms with Crippen LogP contribution in [-0.4, -0.2) is 16.1 Å². The molecule has 14 heavy (non-hydrogen) atoms. The van der Waals surface area contributed by atoms with Crippen LogP contribution in [0.4, 0.5) is 0 Å². The predicted molar refractivity (Wildman–Crippen MR) is 50.6 cm³/mol.